The smallest absolute Gasteiger partial charge is 0.305 e. The quantitative estimate of drug-likeness (QED) is 0.895. The molecule has 1 saturated carbocycles. The van der Waals surface area contributed by atoms with E-state index in [1.807, 2.05) is 26.0 Å². The molecule has 3 rings (SSSR count). The predicted molar refractivity (Wildman–Crippen MR) is 85.7 cm³/mol. The Morgan fingerprint density at radius 2 is 1.91 bits per heavy atom. The van der Waals surface area contributed by atoms with Crippen molar-refractivity contribution in [2.75, 3.05) is 6.61 Å². The predicted octanol–water partition coefficient (Wildman–Crippen LogP) is 2.68. The maximum atomic E-state index is 12.8. The summed E-state index contributed by atoms with van der Waals surface area (Å²) in [7, 11) is 0. The SMILES string of the molecule is Cc1cc2c(cc1C)C(C(=O)NC1(CC(=O)O)CCCC1)CO2. The summed E-state index contributed by atoms with van der Waals surface area (Å²) in [6.07, 6.45) is 3.39. The number of carboxylic acid groups (broad SMARTS) is 1. The summed E-state index contributed by atoms with van der Waals surface area (Å²) in [5.41, 5.74) is 2.59. The first-order valence-corrected chi connectivity index (χ1v) is 8.18. The van der Waals surface area contributed by atoms with Gasteiger partial charge in [-0.3, -0.25) is 9.59 Å². The van der Waals surface area contributed by atoms with Crippen LogP contribution < -0.4 is 10.1 Å². The van der Waals surface area contributed by atoms with Crippen LogP contribution in [0.4, 0.5) is 0 Å². The van der Waals surface area contributed by atoms with Gasteiger partial charge in [-0.25, -0.2) is 0 Å². The van der Waals surface area contributed by atoms with Crippen molar-refractivity contribution in [3.8, 4) is 5.75 Å². The highest BCUT2D eigenvalue weighted by atomic mass is 16.5. The third-order valence-electron chi connectivity index (χ3n) is 5.16. The molecule has 1 aliphatic heterocycles. The molecule has 1 aliphatic carbocycles. The average Bonchev–Trinajstić information content (AvgIpc) is 3.06. The maximum absolute atomic E-state index is 12.8. The van der Waals surface area contributed by atoms with Gasteiger partial charge in [-0.15, -0.1) is 0 Å². The summed E-state index contributed by atoms with van der Waals surface area (Å²) in [6, 6.07) is 3.99. The molecule has 0 saturated heterocycles. The van der Waals surface area contributed by atoms with E-state index in [9.17, 15) is 9.59 Å². The Morgan fingerprint density at radius 1 is 1.26 bits per heavy atom. The monoisotopic (exact) mass is 317 g/mol. The third kappa shape index (κ3) is 3.05. The van der Waals surface area contributed by atoms with E-state index in [1.54, 1.807) is 0 Å². The first-order chi connectivity index (χ1) is 10.9. The highest BCUT2D eigenvalue weighted by Gasteiger charge is 2.40. The number of aliphatic carboxylic acids is 1. The second-order valence-electron chi connectivity index (χ2n) is 6.89. The molecule has 2 N–H and O–H groups in total. The van der Waals surface area contributed by atoms with Crippen molar-refractivity contribution in [3.05, 3.63) is 28.8 Å². The lowest BCUT2D eigenvalue weighted by Gasteiger charge is -2.30. The number of benzene rings is 1. The highest BCUT2D eigenvalue weighted by Crippen LogP contribution is 2.38. The first kappa shape index (κ1) is 15.8. The lowest BCUT2D eigenvalue weighted by Crippen LogP contribution is -2.49. The number of aryl methyl sites for hydroxylation is 2. The average molecular weight is 317 g/mol. The Labute approximate surface area is 136 Å². The fourth-order valence-corrected chi connectivity index (χ4v) is 3.72. The number of amides is 1. The number of hydrogen-bond donors (Lipinski definition) is 2. The molecule has 0 bridgehead atoms. The highest BCUT2D eigenvalue weighted by molar-refractivity contribution is 5.87. The third-order valence-corrected chi connectivity index (χ3v) is 5.16. The Bertz CT molecular complexity index is 647. The van der Waals surface area contributed by atoms with Gasteiger partial charge in [0.25, 0.3) is 0 Å². The first-order valence-electron chi connectivity index (χ1n) is 8.18. The second kappa shape index (κ2) is 5.87. The summed E-state index contributed by atoms with van der Waals surface area (Å²) in [4.78, 5) is 23.9. The van der Waals surface area contributed by atoms with Crippen LogP contribution in [0.3, 0.4) is 0 Å². The minimum Gasteiger partial charge on any atom is -0.492 e. The molecule has 5 nitrogen and oxygen atoms in total. The van der Waals surface area contributed by atoms with E-state index in [-0.39, 0.29) is 18.2 Å². The zero-order valence-corrected chi connectivity index (χ0v) is 13.6. The van der Waals surface area contributed by atoms with E-state index in [0.717, 1.165) is 48.1 Å². The molecule has 5 heteroatoms. The lowest BCUT2D eigenvalue weighted by atomic mass is 9.90. The van der Waals surface area contributed by atoms with Crippen LogP contribution in [0.2, 0.25) is 0 Å². The number of rotatable bonds is 4. The number of fused-ring (bicyclic) bond motifs is 1. The molecule has 1 heterocycles. The molecule has 1 fully saturated rings. The molecule has 1 unspecified atom stereocenters. The van der Waals surface area contributed by atoms with Gasteiger partial charge in [0.1, 0.15) is 18.3 Å². The van der Waals surface area contributed by atoms with Gasteiger partial charge in [0.2, 0.25) is 5.91 Å². The Kier molecular flexibility index (Phi) is 4.04. The molecule has 0 aromatic heterocycles. The molecule has 1 aromatic carbocycles. The van der Waals surface area contributed by atoms with E-state index >= 15 is 0 Å². The molecule has 23 heavy (non-hydrogen) atoms. The summed E-state index contributed by atoms with van der Waals surface area (Å²) in [5, 5.41) is 12.2. The Morgan fingerprint density at radius 3 is 2.57 bits per heavy atom. The Balaban J connectivity index is 1.80. The van der Waals surface area contributed by atoms with Crippen molar-refractivity contribution < 1.29 is 19.4 Å². The van der Waals surface area contributed by atoms with Crippen molar-refractivity contribution in [1.29, 1.82) is 0 Å². The molecule has 0 radical (unpaired) electrons. The van der Waals surface area contributed by atoms with Gasteiger partial charge in [0.05, 0.1) is 12.0 Å². The van der Waals surface area contributed by atoms with E-state index in [0.29, 0.717) is 6.61 Å². The van der Waals surface area contributed by atoms with Gasteiger partial charge < -0.3 is 15.2 Å². The molecule has 124 valence electrons. The van der Waals surface area contributed by atoms with Crippen LogP contribution in [0.25, 0.3) is 0 Å². The van der Waals surface area contributed by atoms with Crippen LogP contribution in [0.15, 0.2) is 12.1 Å². The van der Waals surface area contributed by atoms with Crippen molar-refractivity contribution in [3.63, 3.8) is 0 Å². The van der Waals surface area contributed by atoms with Gasteiger partial charge in [-0.05, 0) is 43.9 Å². The maximum Gasteiger partial charge on any atom is 0.305 e. The molecule has 2 aliphatic rings. The van der Waals surface area contributed by atoms with Crippen molar-refractivity contribution >= 4 is 11.9 Å². The second-order valence-corrected chi connectivity index (χ2v) is 6.89. The van der Waals surface area contributed by atoms with E-state index in [4.69, 9.17) is 9.84 Å². The number of nitrogens with one attached hydrogen (secondary N) is 1. The topological polar surface area (TPSA) is 75.6 Å². The lowest BCUT2D eigenvalue weighted by molar-refractivity contribution is -0.139. The van der Waals surface area contributed by atoms with Gasteiger partial charge >= 0.3 is 5.97 Å². The largest absolute Gasteiger partial charge is 0.492 e. The minimum absolute atomic E-state index is 0.00784. The molecule has 0 spiro atoms. The molecular formula is C18H23NO4. The fourth-order valence-electron chi connectivity index (χ4n) is 3.72. The zero-order valence-electron chi connectivity index (χ0n) is 13.6. The van der Waals surface area contributed by atoms with Gasteiger partial charge in [0, 0.05) is 5.56 Å². The standard InChI is InChI=1S/C18H23NO4/c1-11-7-13-14(10-23-15(13)8-12(11)2)17(22)19-18(9-16(20)21)5-3-4-6-18/h7-8,14H,3-6,9-10H2,1-2H3,(H,19,22)(H,20,21). The zero-order chi connectivity index (χ0) is 16.6. The van der Waals surface area contributed by atoms with Crippen LogP contribution >= 0.6 is 0 Å². The number of carbonyl (C=O) groups excluding carboxylic acids is 1. The van der Waals surface area contributed by atoms with Crippen molar-refractivity contribution in [2.24, 2.45) is 0 Å². The van der Waals surface area contributed by atoms with Gasteiger partial charge in [-0.2, -0.15) is 0 Å². The van der Waals surface area contributed by atoms with Crippen LogP contribution in [0.5, 0.6) is 5.75 Å². The summed E-state index contributed by atoms with van der Waals surface area (Å²) >= 11 is 0. The van der Waals surface area contributed by atoms with E-state index in [1.165, 1.54) is 0 Å². The Hall–Kier alpha value is -2.04. The number of ether oxygens (including phenoxy) is 1. The van der Waals surface area contributed by atoms with E-state index < -0.39 is 11.5 Å². The van der Waals surface area contributed by atoms with Crippen LogP contribution in [0.1, 0.15) is 54.7 Å². The summed E-state index contributed by atoms with van der Waals surface area (Å²) in [6.45, 7) is 4.37. The van der Waals surface area contributed by atoms with Crippen LogP contribution in [0, 0.1) is 13.8 Å². The summed E-state index contributed by atoms with van der Waals surface area (Å²) < 4.78 is 5.67. The van der Waals surface area contributed by atoms with E-state index in [2.05, 4.69) is 5.32 Å². The number of carboxylic acids is 1. The van der Waals surface area contributed by atoms with Crippen LogP contribution in [-0.4, -0.2) is 29.1 Å². The molecular weight excluding hydrogens is 294 g/mol. The minimum atomic E-state index is -0.859. The van der Waals surface area contributed by atoms with Crippen molar-refractivity contribution in [1.82, 2.24) is 5.32 Å². The summed E-state index contributed by atoms with van der Waals surface area (Å²) in [5.74, 6) is -0.556. The van der Waals surface area contributed by atoms with Gasteiger partial charge in [0.15, 0.2) is 0 Å². The fraction of sp³-hybridized carbons (Fsp3) is 0.556. The number of hydrogen-bond acceptors (Lipinski definition) is 3. The normalized spacial score (nSPS) is 21.6. The van der Waals surface area contributed by atoms with Gasteiger partial charge in [-0.1, -0.05) is 18.9 Å². The molecule has 1 amide bonds. The van der Waals surface area contributed by atoms with Crippen LogP contribution in [-0.2, 0) is 9.59 Å². The number of carbonyl (C=O) groups is 2. The molecule has 1 atom stereocenters. The van der Waals surface area contributed by atoms with Crippen molar-refractivity contribution in [2.45, 2.75) is 57.4 Å². The molecule has 1 aromatic rings.